The zero-order valence-corrected chi connectivity index (χ0v) is 6.30. The van der Waals surface area contributed by atoms with Crippen molar-refractivity contribution in [3.8, 4) is 0 Å². The van der Waals surface area contributed by atoms with Gasteiger partial charge in [-0.1, -0.05) is 4.49 Å². The average molecular weight is 156 g/mol. The summed E-state index contributed by atoms with van der Waals surface area (Å²) in [6.07, 6.45) is 2.49. The molecular formula is C6H8N2OS. The van der Waals surface area contributed by atoms with Crippen LogP contribution in [0.2, 0.25) is 0 Å². The van der Waals surface area contributed by atoms with Crippen LogP contribution in [0.25, 0.3) is 0 Å². The van der Waals surface area contributed by atoms with Gasteiger partial charge in [-0.15, -0.1) is 5.10 Å². The molecule has 1 aliphatic rings. The molecule has 1 fully saturated rings. The molecule has 54 valence electrons. The smallest absolute Gasteiger partial charge is 0.104 e. The van der Waals surface area contributed by atoms with Crippen LogP contribution in [0.15, 0.2) is 5.38 Å². The maximum atomic E-state index is 5.40. The Bertz CT molecular complexity index is 194. The van der Waals surface area contributed by atoms with Gasteiger partial charge in [0.05, 0.1) is 0 Å². The summed E-state index contributed by atoms with van der Waals surface area (Å²) in [4.78, 5) is 0. The van der Waals surface area contributed by atoms with Crippen molar-refractivity contribution < 1.29 is 4.74 Å². The van der Waals surface area contributed by atoms with Crippen LogP contribution in [0.3, 0.4) is 0 Å². The lowest BCUT2D eigenvalue weighted by Crippen LogP contribution is -1.95. The third-order valence-electron chi connectivity index (χ3n) is 1.64. The number of nitrogens with zero attached hydrogens (tertiary/aromatic N) is 2. The van der Waals surface area contributed by atoms with Crippen molar-refractivity contribution >= 4 is 11.5 Å². The first-order valence-electron chi connectivity index (χ1n) is 3.35. The molecule has 1 aromatic rings. The molecule has 1 aromatic heterocycles. The van der Waals surface area contributed by atoms with Gasteiger partial charge in [0.1, 0.15) is 11.8 Å². The first kappa shape index (κ1) is 6.24. The van der Waals surface area contributed by atoms with E-state index in [1.54, 1.807) is 0 Å². The molecule has 0 radical (unpaired) electrons. The summed E-state index contributed by atoms with van der Waals surface area (Å²) >= 11 is 1.39. The van der Waals surface area contributed by atoms with E-state index >= 15 is 0 Å². The highest BCUT2D eigenvalue weighted by molar-refractivity contribution is 7.03. The fraction of sp³-hybridized carbons (Fsp3) is 0.667. The maximum Gasteiger partial charge on any atom is 0.104 e. The zero-order chi connectivity index (χ0) is 6.81. The van der Waals surface area contributed by atoms with Gasteiger partial charge in [0.2, 0.25) is 0 Å². The van der Waals surface area contributed by atoms with Crippen LogP contribution in [0.1, 0.15) is 24.6 Å². The Morgan fingerprint density at radius 1 is 1.70 bits per heavy atom. The normalized spacial score (nSPS) is 25.4. The van der Waals surface area contributed by atoms with E-state index in [-0.39, 0.29) is 6.10 Å². The molecule has 1 saturated heterocycles. The van der Waals surface area contributed by atoms with E-state index in [0.717, 1.165) is 25.1 Å². The molecule has 10 heavy (non-hydrogen) atoms. The molecule has 0 saturated carbocycles. The van der Waals surface area contributed by atoms with E-state index < -0.39 is 0 Å². The van der Waals surface area contributed by atoms with Crippen molar-refractivity contribution in [1.29, 1.82) is 0 Å². The fourth-order valence-electron chi connectivity index (χ4n) is 1.12. The van der Waals surface area contributed by atoms with E-state index in [2.05, 4.69) is 9.59 Å². The summed E-state index contributed by atoms with van der Waals surface area (Å²) in [5.41, 5.74) is 1.00. The van der Waals surface area contributed by atoms with Crippen LogP contribution < -0.4 is 0 Å². The Morgan fingerprint density at radius 3 is 3.30 bits per heavy atom. The second-order valence-corrected chi connectivity index (χ2v) is 2.94. The number of ether oxygens (including phenoxy) is 1. The fourth-order valence-corrected chi connectivity index (χ4v) is 1.62. The molecule has 2 rings (SSSR count). The van der Waals surface area contributed by atoms with Crippen molar-refractivity contribution in [1.82, 2.24) is 9.59 Å². The van der Waals surface area contributed by atoms with E-state index in [0.29, 0.717) is 0 Å². The largest absolute Gasteiger partial charge is 0.372 e. The third kappa shape index (κ3) is 1.04. The summed E-state index contributed by atoms with van der Waals surface area (Å²) in [5.74, 6) is 0. The van der Waals surface area contributed by atoms with Gasteiger partial charge in [0.25, 0.3) is 0 Å². The quantitative estimate of drug-likeness (QED) is 0.616. The standard InChI is InChI=1S/C6H8N2OS/c1-2-6(9-3-1)5-4-10-8-7-5/h4,6H,1-3H2. The number of hydrogen-bond donors (Lipinski definition) is 0. The summed E-state index contributed by atoms with van der Waals surface area (Å²) in [6, 6.07) is 0. The average Bonchev–Trinajstić information content (AvgIpc) is 2.59. The van der Waals surface area contributed by atoms with Gasteiger partial charge in [0, 0.05) is 12.0 Å². The lowest BCUT2D eigenvalue weighted by Gasteiger charge is -2.01. The van der Waals surface area contributed by atoms with Crippen LogP contribution in [0, 0.1) is 0 Å². The van der Waals surface area contributed by atoms with E-state index in [1.165, 1.54) is 11.5 Å². The summed E-state index contributed by atoms with van der Waals surface area (Å²) < 4.78 is 9.18. The molecule has 0 aromatic carbocycles. The molecule has 0 N–H and O–H groups in total. The molecule has 0 bridgehead atoms. The van der Waals surface area contributed by atoms with E-state index in [1.807, 2.05) is 5.38 Å². The highest BCUT2D eigenvalue weighted by Crippen LogP contribution is 2.26. The van der Waals surface area contributed by atoms with Gasteiger partial charge in [-0.3, -0.25) is 0 Å². The first-order valence-corrected chi connectivity index (χ1v) is 4.19. The maximum absolute atomic E-state index is 5.40. The molecule has 0 amide bonds. The molecule has 0 aliphatic carbocycles. The van der Waals surface area contributed by atoms with Gasteiger partial charge >= 0.3 is 0 Å². The predicted octanol–water partition coefficient (Wildman–Crippen LogP) is 1.39. The Kier molecular flexibility index (Phi) is 1.65. The Balaban J connectivity index is 2.12. The van der Waals surface area contributed by atoms with Gasteiger partial charge < -0.3 is 4.74 Å². The molecule has 3 nitrogen and oxygen atoms in total. The van der Waals surface area contributed by atoms with Gasteiger partial charge in [0.15, 0.2) is 0 Å². The lowest BCUT2D eigenvalue weighted by molar-refractivity contribution is 0.108. The van der Waals surface area contributed by atoms with Crippen LogP contribution in [-0.2, 0) is 4.74 Å². The minimum atomic E-state index is 0.235. The van der Waals surface area contributed by atoms with Crippen molar-refractivity contribution in [3.63, 3.8) is 0 Å². The summed E-state index contributed by atoms with van der Waals surface area (Å²) in [6.45, 7) is 0.877. The predicted molar refractivity (Wildman–Crippen MR) is 37.8 cm³/mol. The molecule has 1 atom stereocenters. The molecule has 1 aliphatic heterocycles. The Morgan fingerprint density at radius 2 is 2.70 bits per heavy atom. The summed E-state index contributed by atoms with van der Waals surface area (Å²) in [7, 11) is 0. The van der Waals surface area contributed by atoms with Crippen LogP contribution in [-0.4, -0.2) is 16.2 Å². The zero-order valence-electron chi connectivity index (χ0n) is 5.49. The molecule has 2 heterocycles. The van der Waals surface area contributed by atoms with Crippen LogP contribution in [0.4, 0.5) is 0 Å². The van der Waals surface area contributed by atoms with Gasteiger partial charge in [-0.2, -0.15) is 0 Å². The minimum absolute atomic E-state index is 0.235. The van der Waals surface area contributed by atoms with E-state index in [9.17, 15) is 0 Å². The van der Waals surface area contributed by atoms with Crippen molar-refractivity contribution in [3.05, 3.63) is 11.1 Å². The molecule has 0 spiro atoms. The first-order chi connectivity index (χ1) is 4.97. The monoisotopic (exact) mass is 156 g/mol. The number of hydrogen-bond acceptors (Lipinski definition) is 4. The number of aromatic nitrogens is 2. The highest BCUT2D eigenvalue weighted by Gasteiger charge is 2.19. The van der Waals surface area contributed by atoms with Gasteiger partial charge in [-0.05, 0) is 24.4 Å². The Hall–Kier alpha value is -0.480. The highest BCUT2D eigenvalue weighted by atomic mass is 32.1. The van der Waals surface area contributed by atoms with Crippen LogP contribution in [0.5, 0.6) is 0 Å². The second kappa shape index (κ2) is 2.64. The van der Waals surface area contributed by atoms with E-state index in [4.69, 9.17) is 4.74 Å². The number of rotatable bonds is 1. The molecule has 1 unspecified atom stereocenters. The lowest BCUT2D eigenvalue weighted by atomic mass is 10.2. The second-order valence-electron chi connectivity index (χ2n) is 2.33. The topological polar surface area (TPSA) is 35.0 Å². The van der Waals surface area contributed by atoms with Crippen LogP contribution >= 0.6 is 11.5 Å². The van der Waals surface area contributed by atoms with Gasteiger partial charge in [-0.25, -0.2) is 0 Å². The van der Waals surface area contributed by atoms with Crippen molar-refractivity contribution in [2.45, 2.75) is 18.9 Å². The Labute approximate surface area is 63.2 Å². The minimum Gasteiger partial charge on any atom is -0.372 e. The third-order valence-corrected chi connectivity index (χ3v) is 2.16. The molecular weight excluding hydrogens is 148 g/mol. The summed E-state index contributed by atoms with van der Waals surface area (Å²) in [5, 5.41) is 5.90. The molecule has 4 heteroatoms. The van der Waals surface area contributed by atoms with Crippen molar-refractivity contribution in [2.75, 3.05) is 6.61 Å². The SMILES string of the molecule is c1snnc1C1CCCO1. The van der Waals surface area contributed by atoms with Crippen molar-refractivity contribution in [2.24, 2.45) is 0 Å².